The highest BCUT2D eigenvalue weighted by atomic mass is 19.4. The zero-order chi connectivity index (χ0) is 18.5. The van der Waals surface area contributed by atoms with Crippen molar-refractivity contribution in [3.8, 4) is 0 Å². The summed E-state index contributed by atoms with van der Waals surface area (Å²) in [5, 5.41) is 2.37. The number of imide groups is 1. The summed E-state index contributed by atoms with van der Waals surface area (Å²) in [4.78, 5) is 36.8. The second kappa shape index (κ2) is 5.79. The molecule has 1 saturated heterocycles. The summed E-state index contributed by atoms with van der Waals surface area (Å²) in [5.41, 5.74) is -2.25. The van der Waals surface area contributed by atoms with Crippen LogP contribution in [-0.2, 0) is 15.8 Å². The molecule has 5 nitrogen and oxygen atoms in total. The van der Waals surface area contributed by atoms with Crippen molar-refractivity contribution in [1.82, 2.24) is 0 Å². The highest BCUT2D eigenvalue weighted by Crippen LogP contribution is 2.49. The molecule has 0 aromatic heterocycles. The standard InChI is InChI=1S/C17H15F3N2O3/c1-3-9-6-8(2)13-14(9)16(24)22(15(13)23)10-4-5-12(21-25)11(7-10)17(18,19)20/h3-5,7-9,13-14H,1,6H2,2H3. The van der Waals surface area contributed by atoms with Gasteiger partial charge >= 0.3 is 6.18 Å². The zero-order valence-electron chi connectivity index (χ0n) is 13.3. The minimum Gasteiger partial charge on any atom is -0.274 e. The molecule has 2 fully saturated rings. The van der Waals surface area contributed by atoms with Crippen LogP contribution in [0.1, 0.15) is 18.9 Å². The van der Waals surface area contributed by atoms with Gasteiger partial charge in [0.25, 0.3) is 0 Å². The first-order valence-electron chi connectivity index (χ1n) is 7.75. The molecule has 1 aromatic carbocycles. The van der Waals surface area contributed by atoms with Crippen LogP contribution in [0.2, 0.25) is 0 Å². The van der Waals surface area contributed by atoms with Crippen LogP contribution < -0.4 is 4.90 Å². The lowest BCUT2D eigenvalue weighted by Crippen LogP contribution is -2.33. The number of fused-ring (bicyclic) bond motifs is 1. The number of hydrogen-bond acceptors (Lipinski definition) is 4. The molecular weight excluding hydrogens is 337 g/mol. The van der Waals surface area contributed by atoms with Crippen LogP contribution >= 0.6 is 0 Å². The van der Waals surface area contributed by atoms with Crippen molar-refractivity contribution < 1.29 is 22.8 Å². The summed E-state index contributed by atoms with van der Waals surface area (Å²) in [6.07, 6.45) is -2.56. The van der Waals surface area contributed by atoms with Crippen LogP contribution in [0, 0.1) is 28.6 Å². The Morgan fingerprint density at radius 1 is 1.24 bits per heavy atom. The van der Waals surface area contributed by atoms with E-state index in [9.17, 15) is 27.7 Å². The lowest BCUT2D eigenvalue weighted by Gasteiger charge is -2.20. The molecule has 1 aliphatic heterocycles. The number of nitroso groups, excluding NO2 is 1. The molecule has 25 heavy (non-hydrogen) atoms. The molecule has 2 amide bonds. The van der Waals surface area contributed by atoms with Gasteiger partial charge in [-0.05, 0) is 41.6 Å². The van der Waals surface area contributed by atoms with E-state index >= 15 is 0 Å². The van der Waals surface area contributed by atoms with Gasteiger partial charge in [0.05, 0.1) is 23.1 Å². The predicted molar refractivity (Wildman–Crippen MR) is 83.8 cm³/mol. The molecule has 3 rings (SSSR count). The van der Waals surface area contributed by atoms with E-state index in [0.29, 0.717) is 12.5 Å². The van der Waals surface area contributed by atoms with E-state index in [1.807, 2.05) is 6.92 Å². The van der Waals surface area contributed by atoms with Crippen LogP contribution in [0.3, 0.4) is 0 Å². The average Bonchev–Trinajstić information content (AvgIpc) is 3.02. The third-order valence-corrected chi connectivity index (χ3v) is 5.06. The fourth-order valence-corrected chi connectivity index (χ4v) is 3.95. The van der Waals surface area contributed by atoms with Gasteiger partial charge in [0, 0.05) is 0 Å². The number of benzene rings is 1. The first-order chi connectivity index (χ1) is 11.7. The Balaban J connectivity index is 2.06. The maximum atomic E-state index is 13.1. The molecule has 0 bridgehead atoms. The summed E-state index contributed by atoms with van der Waals surface area (Å²) >= 11 is 0. The molecule has 4 unspecified atom stereocenters. The number of allylic oxidation sites excluding steroid dienone is 1. The maximum Gasteiger partial charge on any atom is 0.418 e. The number of nitrogens with zero attached hydrogens (tertiary/aromatic N) is 2. The van der Waals surface area contributed by atoms with E-state index in [-0.39, 0.29) is 17.5 Å². The molecule has 1 aromatic rings. The van der Waals surface area contributed by atoms with E-state index in [0.717, 1.165) is 17.0 Å². The molecule has 4 atom stereocenters. The van der Waals surface area contributed by atoms with Crippen LogP contribution in [0.5, 0.6) is 0 Å². The SMILES string of the molecule is C=CC1CC(C)C2C(=O)N(c3ccc(N=O)c(C(F)(F)F)c3)C(=O)C12. The van der Waals surface area contributed by atoms with Crippen LogP contribution in [0.15, 0.2) is 36.0 Å². The highest BCUT2D eigenvalue weighted by molar-refractivity contribution is 6.22. The molecule has 8 heteroatoms. The van der Waals surface area contributed by atoms with Crippen molar-refractivity contribution in [2.24, 2.45) is 28.8 Å². The second-order valence-electron chi connectivity index (χ2n) is 6.47. The van der Waals surface area contributed by atoms with Gasteiger partial charge in [-0.3, -0.25) is 14.5 Å². The number of carbonyl (C=O) groups is 2. The van der Waals surface area contributed by atoms with Crippen molar-refractivity contribution in [2.75, 3.05) is 4.90 Å². The highest BCUT2D eigenvalue weighted by Gasteiger charge is 2.57. The Labute approximate surface area is 141 Å². The van der Waals surface area contributed by atoms with E-state index in [1.165, 1.54) is 0 Å². The molecule has 132 valence electrons. The first kappa shape index (κ1) is 17.3. The Morgan fingerprint density at radius 2 is 1.88 bits per heavy atom. The first-order valence-corrected chi connectivity index (χ1v) is 7.75. The summed E-state index contributed by atoms with van der Waals surface area (Å²) in [7, 11) is 0. The molecule has 1 saturated carbocycles. The van der Waals surface area contributed by atoms with Gasteiger partial charge in [-0.15, -0.1) is 11.5 Å². The lowest BCUT2D eigenvalue weighted by molar-refractivity contribution is -0.137. The summed E-state index contributed by atoms with van der Waals surface area (Å²) in [6.45, 7) is 5.53. The Morgan fingerprint density at radius 3 is 2.44 bits per heavy atom. The summed E-state index contributed by atoms with van der Waals surface area (Å²) in [6, 6.07) is 2.63. The third-order valence-electron chi connectivity index (χ3n) is 5.06. The van der Waals surface area contributed by atoms with E-state index in [1.54, 1.807) is 6.08 Å². The van der Waals surface area contributed by atoms with Gasteiger partial charge in [-0.2, -0.15) is 13.2 Å². The number of carbonyl (C=O) groups excluding carboxylic acids is 2. The van der Waals surface area contributed by atoms with Crippen LogP contribution in [0.4, 0.5) is 24.5 Å². The quantitative estimate of drug-likeness (QED) is 0.468. The van der Waals surface area contributed by atoms with E-state index < -0.39 is 41.1 Å². The largest absolute Gasteiger partial charge is 0.418 e. The Hall–Kier alpha value is -2.51. The topological polar surface area (TPSA) is 66.8 Å². The van der Waals surface area contributed by atoms with Crippen molar-refractivity contribution in [3.05, 3.63) is 41.3 Å². The zero-order valence-corrected chi connectivity index (χ0v) is 13.3. The number of halogens is 3. The van der Waals surface area contributed by atoms with Crippen LogP contribution in [0.25, 0.3) is 0 Å². The minimum absolute atomic E-state index is 0.0625. The van der Waals surface area contributed by atoms with Gasteiger partial charge in [0.1, 0.15) is 5.69 Å². The fraction of sp³-hybridized carbons (Fsp3) is 0.412. The monoisotopic (exact) mass is 352 g/mol. The Bertz CT molecular complexity index is 775. The van der Waals surface area contributed by atoms with Gasteiger partial charge in [0.2, 0.25) is 11.8 Å². The molecule has 1 aliphatic carbocycles. The predicted octanol–water partition coefficient (Wildman–Crippen LogP) is 4.05. The number of hydrogen-bond donors (Lipinski definition) is 0. The van der Waals surface area contributed by atoms with Crippen LogP contribution in [-0.4, -0.2) is 11.8 Å². The summed E-state index contributed by atoms with van der Waals surface area (Å²) in [5.74, 6) is -2.44. The van der Waals surface area contributed by atoms with Crippen molar-refractivity contribution in [1.29, 1.82) is 0 Å². The molecule has 2 aliphatic rings. The van der Waals surface area contributed by atoms with Gasteiger partial charge < -0.3 is 0 Å². The fourth-order valence-electron chi connectivity index (χ4n) is 3.95. The van der Waals surface area contributed by atoms with Gasteiger partial charge in [-0.1, -0.05) is 13.0 Å². The molecule has 0 N–H and O–H groups in total. The third kappa shape index (κ3) is 2.56. The van der Waals surface area contributed by atoms with Crippen molar-refractivity contribution >= 4 is 23.2 Å². The normalized spacial score (nSPS) is 29.0. The van der Waals surface area contributed by atoms with Crippen molar-refractivity contribution in [2.45, 2.75) is 19.5 Å². The van der Waals surface area contributed by atoms with Crippen molar-refractivity contribution in [3.63, 3.8) is 0 Å². The molecule has 0 spiro atoms. The minimum atomic E-state index is -4.82. The van der Waals surface area contributed by atoms with Gasteiger partial charge in [0.15, 0.2) is 0 Å². The lowest BCUT2D eigenvalue weighted by atomic mass is 9.90. The number of alkyl halides is 3. The number of anilines is 1. The second-order valence-corrected chi connectivity index (χ2v) is 6.47. The molecular formula is C17H15F3N2O3. The Kier molecular flexibility index (Phi) is 4.01. The molecule has 1 heterocycles. The van der Waals surface area contributed by atoms with Gasteiger partial charge in [-0.25, -0.2) is 0 Å². The average molecular weight is 352 g/mol. The van der Waals surface area contributed by atoms with E-state index in [2.05, 4.69) is 11.8 Å². The van der Waals surface area contributed by atoms with E-state index in [4.69, 9.17) is 0 Å². The smallest absolute Gasteiger partial charge is 0.274 e. The maximum absolute atomic E-state index is 13.1. The summed E-state index contributed by atoms with van der Waals surface area (Å²) < 4.78 is 39.3. The number of rotatable bonds is 3. The number of amides is 2. The molecule has 0 radical (unpaired) electrons.